The Kier molecular flexibility index (Phi) is 6.65. The molecule has 2 fully saturated rings. The maximum Gasteiger partial charge on any atom is 0.122 e. The van der Waals surface area contributed by atoms with Crippen LogP contribution in [0.25, 0.3) is 0 Å². The first-order valence-electron chi connectivity index (χ1n) is 12.6. The summed E-state index contributed by atoms with van der Waals surface area (Å²) in [6.45, 7) is 7.30. The van der Waals surface area contributed by atoms with E-state index in [1.165, 1.54) is 22.3 Å². The molecule has 3 atom stereocenters. The molecule has 0 aliphatic carbocycles. The van der Waals surface area contributed by atoms with E-state index in [0.29, 0.717) is 11.6 Å². The Balaban J connectivity index is 1.52. The van der Waals surface area contributed by atoms with Crippen LogP contribution in [0.5, 0.6) is 5.75 Å². The van der Waals surface area contributed by atoms with Crippen molar-refractivity contribution in [2.45, 2.75) is 37.6 Å². The molecule has 1 spiro atoms. The molecule has 3 aromatic rings. The molecule has 4 nitrogen and oxygen atoms in total. The van der Waals surface area contributed by atoms with Crippen LogP contribution in [0, 0.1) is 12.3 Å². The van der Waals surface area contributed by atoms with Crippen LogP contribution in [-0.2, 0) is 10.2 Å². The molecular weight excluding hydrogens is 571 g/mol. The molecule has 7 heteroatoms. The van der Waals surface area contributed by atoms with Crippen LogP contribution in [0.4, 0.5) is 5.69 Å². The number of aryl methyl sites for hydroxylation is 1. The second kappa shape index (κ2) is 9.69. The molecule has 192 valence electrons. The number of piperidine rings is 1. The Morgan fingerprint density at radius 2 is 1.84 bits per heavy atom. The van der Waals surface area contributed by atoms with Gasteiger partial charge in [-0.1, -0.05) is 58.2 Å². The molecular formula is C30H29BrCl2N2O2. The van der Waals surface area contributed by atoms with E-state index < -0.39 is 5.41 Å². The molecule has 0 saturated carbocycles. The van der Waals surface area contributed by atoms with E-state index in [-0.39, 0.29) is 17.4 Å². The van der Waals surface area contributed by atoms with E-state index >= 15 is 0 Å². The van der Waals surface area contributed by atoms with Gasteiger partial charge in [0.1, 0.15) is 5.75 Å². The number of nitrogens with zero attached hydrogens (tertiary/aromatic N) is 1. The highest BCUT2D eigenvalue weighted by molar-refractivity contribution is 9.10. The van der Waals surface area contributed by atoms with E-state index in [2.05, 4.69) is 77.7 Å². The number of fused-ring (bicyclic) bond motifs is 2. The topological polar surface area (TPSA) is 42.8 Å². The molecule has 6 rings (SSSR count). The summed E-state index contributed by atoms with van der Waals surface area (Å²) < 4.78 is 13.0. The fraction of sp³-hybridized carbons (Fsp3) is 0.367. The summed E-state index contributed by atoms with van der Waals surface area (Å²) in [6.07, 6.45) is 3.07. The number of hydrogen-bond acceptors (Lipinski definition) is 4. The zero-order valence-corrected chi connectivity index (χ0v) is 24.0. The number of aliphatic imine (C=N–C) groups is 1. The lowest BCUT2D eigenvalue weighted by Crippen LogP contribution is -2.51. The van der Waals surface area contributed by atoms with Gasteiger partial charge in [0.15, 0.2) is 0 Å². The standard InChI is InChI=1S/C30H29BrCl2N2O2/c1-18-3-5-20(32)12-22(18)28-30(14-35-26-13-21(33)6-7-25(26)30)24(9-10-34-28)23-11-19(31)4-8-27(23)37-17-29(2)15-36-16-29/h3-8,11-14,24,28,34H,9-10,15-17H2,1-2H3/t24-,28-,30+/m0/s1. The van der Waals surface area contributed by atoms with Crippen molar-refractivity contribution < 1.29 is 9.47 Å². The first-order chi connectivity index (χ1) is 17.8. The molecule has 0 bridgehead atoms. The molecule has 3 aliphatic rings. The van der Waals surface area contributed by atoms with Crippen molar-refractivity contribution in [2.24, 2.45) is 10.4 Å². The minimum absolute atomic E-state index is 0.0273. The van der Waals surface area contributed by atoms with Crippen molar-refractivity contribution in [3.8, 4) is 5.75 Å². The minimum Gasteiger partial charge on any atom is -0.493 e. The summed E-state index contributed by atoms with van der Waals surface area (Å²) in [5.74, 6) is 1.03. The highest BCUT2D eigenvalue weighted by Gasteiger charge is 2.53. The van der Waals surface area contributed by atoms with Gasteiger partial charge in [0, 0.05) is 38.1 Å². The smallest absolute Gasteiger partial charge is 0.122 e. The third-order valence-electron chi connectivity index (χ3n) is 8.06. The van der Waals surface area contributed by atoms with Crippen LogP contribution in [0.1, 0.15) is 47.6 Å². The van der Waals surface area contributed by atoms with Gasteiger partial charge in [0.25, 0.3) is 0 Å². The van der Waals surface area contributed by atoms with E-state index in [0.717, 1.165) is 47.1 Å². The normalized spacial score (nSPS) is 25.6. The zero-order valence-electron chi connectivity index (χ0n) is 20.9. The first kappa shape index (κ1) is 25.4. The quantitative estimate of drug-likeness (QED) is 0.323. The molecule has 2 saturated heterocycles. The maximum atomic E-state index is 6.54. The molecule has 1 N–H and O–H groups in total. The van der Waals surface area contributed by atoms with Gasteiger partial charge in [-0.25, -0.2) is 0 Å². The highest BCUT2D eigenvalue weighted by atomic mass is 79.9. The summed E-state index contributed by atoms with van der Waals surface area (Å²) in [6, 6.07) is 18.6. The molecule has 0 radical (unpaired) electrons. The van der Waals surface area contributed by atoms with Gasteiger partial charge in [0.2, 0.25) is 0 Å². The first-order valence-corrected chi connectivity index (χ1v) is 14.2. The van der Waals surface area contributed by atoms with Crippen LogP contribution in [0.3, 0.4) is 0 Å². The largest absolute Gasteiger partial charge is 0.493 e. The third kappa shape index (κ3) is 4.43. The number of nitrogens with one attached hydrogen (secondary N) is 1. The van der Waals surface area contributed by atoms with Gasteiger partial charge < -0.3 is 14.8 Å². The Morgan fingerprint density at radius 1 is 1.05 bits per heavy atom. The van der Waals surface area contributed by atoms with Crippen molar-refractivity contribution in [2.75, 3.05) is 26.4 Å². The van der Waals surface area contributed by atoms with Gasteiger partial charge >= 0.3 is 0 Å². The monoisotopic (exact) mass is 598 g/mol. The average Bonchev–Trinajstić information content (AvgIpc) is 3.22. The SMILES string of the molecule is Cc1ccc(Cl)cc1[C@@H]1NCC[C@@H](c2cc(Br)ccc2OCC2(C)COC2)[C@@]12C=Nc1cc(Cl)ccc12. The predicted octanol–water partition coefficient (Wildman–Crippen LogP) is 7.95. The number of ether oxygens (including phenoxy) is 2. The fourth-order valence-electron chi connectivity index (χ4n) is 6.12. The number of halogens is 3. The van der Waals surface area contributed by atoms with E-state index in [1.54, 1.807) is 0 Å². The Hall–Kier alpha value is -1.89. The molecule has 3 aromatic carbocycles. The summed E-state index contributed by atoms with van der Waals surface area (Å²) in [7, 11) is 0. The molecule has 0 amide bonds. The van der Waals surface area contributed by atoms with Crippen molar-refractivity contribution in [3.63, 3.8) is 0 Å². The van der Waals surface area contributed by atoms with Gasteiger partial charge in [-0.15, -0.1) is 0 Å². The molecule has 37 heavy (non-hydrogen) atoms. The van der Waals surface area contributed by atoms with Crippen molar-refractivity contribution >= 4 is 51.0 Å². The summed E-state index contributed by atoms with van der Waals surface area (Å²) in [5.41, 5.74) is 5.25. The summed E-state index contributed by atoms with van der Waals surface area (Å²) in [4.78, 5) is 4.95. The Morgan fingerprint density at radius 3 is 2.62 bits per heavy atom. The number of benzene rings is 3. The lowest BCUT2D eigenvalue weighted by atomic mass is 9.59. The predicted molar refractivity (Wildman–Crippen MR) is 154 cm³/mol. The molecule has 0 unspecified atom stereocenters. The van der Waals surface area contributed by atoms with Crippen LogP contribution >= 0.6 is 39.1 Å². The highest BCUT2D eigenvalue weighted by Crippen LogP contribution is 2.58. The van der Waals surface area contributed by atoms with Gasteiger partial charge in [-0.2, -0.15) is 0 Å². The van der Waals surface area contributed by atoms with Crippen molar-refractivity contribution in [1.29, 1.82) is 0 Å². The van der Waals surface area contributed by atoms with E-state index in [9.17, 15) is 0 Å². The number of rotatable bonds is 5. The molecule has 3 heterocycles. The Bertz CT molecular complexity index is 1390. The van der Waals surface area contributed by atoms with Crippen molar-refractivity contribution in [1.82, 2.24) is 5.32 Å². The zero-order chi connectivity index (χ0) is 25.8. The molecule has 3 aliphatic heterocycles. The molecule has 0 aromatic heterocycles. The van der Waals surface area contributed by atoms with Crippen molar-refractivity contribution in [3.05, 3.63) is 91.4 Å². The second-order valence-corrected chi connectivity index (χ2v) is 12.6. The van der Waals surface area contributed by atoms with Gasteiger partial charge in [-0.3, -0.25) is 4.99 Å². The van der Waals surface area contributed by atoms with Crippen LogP contribution in [-0.4, -0.2) is 32.6 Å². The van der Waals surface area contributed by atoms with Gasteiger partial charge in [0.05, 0.1) is 30.9 Å². The second-order valence-electron chi connectivity index (χ2n) is 10.9. The third-order valence-corrected chi connectivity index (χ3v) is 9.02. The average molecular weight is 600 g/mol. The lowest BCUT2D eigenvalue weighted by Gasteiger charge is -2.48. The summed E-state index contributed by atoms with van der Waals surface area (Å²) >= 11 is 16.7. The van der Waals surface area contributed by atoms with E-state index in [4.69, 9.17) is 37.7 Å². The lowest BCUT2D eigenvalue weighted by molar-refractivity contribution is -0.120. The summed E-state index contributed by atoms with van der Waals surface area (Å²) in [5, 5.41) is 5.26. The van der Waals surface area contributed by atoms with Crippen LogP contribution < -0.4 is 10.1 Å². The van der Waals surface area contributed by atoms with E-state index in [1.807, 2.05) is 18.2 Å². The van der Waals surface area contributed by atoms with Crippen LogP contribution in [0.2, 0.25) is 10.0 Å². The maximum absolute atomic E-state index is 6.54. The number of hydrogen-bond donors (Lipinski definition) is 1. The minimum atomic E-state index is -0.448. The van der Waals surface area contributed by atoms with Gasteiger partial charge in [-0.05, 0) is 84.6 Å². The van der Waals surface area contributed by atoms with Crippen LogP contribution in [0.15, 0.2) is 64.1 Å². The fourth-order valence-corrected chi connectivity index (χ4v) is 6.85. The Labute approximate surface area is 236 Å².